The van der Waals surface area contributed by atoms with E-state index in [9.17, 15) is 4.79 Å². The molecule has 0 heterocycles. The van der Waals surface area contributed by atoms with Gasteiger partial charge in [0.1, 0.15) is 5.75 Å². The summed E-state index contributed by atoms with van der Waals surface area (Å²) in [5, 5.41) is 0. The van der Waals surface area contributed by atoms with E-state index in [1.165, 1.54) is 0 Å². The minimum atomic E-state index is -0.250. The molecule has 0 aromatic heterocycles. The van der Waals surface area contributed by atoms with Crippen LogP contribution in [0, 0.1) is 0 Å². The lowest BCUT2D eigenvalue weighted by atomic mass is 10.0. The van der Waals surface area contributed by atoms with Crippen molar-refractivity contribution in [2.75, 3.05) is 13.2 Å². The Morgan fingerprint density at radius 3 is 2.69 bits per heavy atom. The molecule has 0 bridgehead atoms. The molecular formula is C13H18O3. The first-order valence-corrected chi connectivity index (χ1v) is 5.58. The van der Waals surface area contributed by atoms with E-state index in [4.69, 9.17) is 9.47 Å². The second kappa shape index (κ2) is 6.16. The van der Waals surface area contributed by atoms with Gasteiger partial charge in [0.05, 0.1) is 19.1 Å². The summed E-state index contributed by atoms with van der Waals surface area (Å²) < 4.78 is 10.4. The highest BCUT2D eigenvalue weighted by atomic mass is 16.5. The maximum Gasteiger partial charge on any atom is 0.313 e. The number of carbonyl (C=O) groups is 1. The third-order valence-electron chi connectivity index (χ3n) is 2.31. The van der Waals surface area contributed by atoms with Crippen molar-refractivity contribution in [2.45, 2.75) is 26.7 Å². The first-order valence-electron chi connectivity index (χ1n) is 5.58. The summed E-state index contributed by atoms with van der Waals surface area (Å²) in [5.74, 6) is 0.340. The zero-order chi connectivity index (χ0) is 12.0. The third-order valence-corrected chi connectivity index (χ3v) is 2.31. The highest BCUT2D eigenvalue weighted by molar-refractivity contribution is 5.77. The fourth-order valence-electron chi connectivity index (χ4n) is 1.44. The summed E-state index contributed by atoms with van der Waals surface area (Å²) in [7, 11) is 0. The van der Waals surface area contributed by atoms with E-state index in [1.807, 2.05) is 38.1 Å². The molecule has 1 atom stereocenters. The van der Waals surface area contributed by atoms with Gasteiger partial charge < -0.3 is 9.47 Å². The van der Waals surface area contributed by atoms with Crippen molar-refractivity contribution in [3.8, 4) is 5.75 Å². The van der Waals surface area contributed by atoms with Crippen molar-refractivity contribution in [3.05, 3.63) is 29.8 Å². The van der Waals surface area contributed by atoms with E-state index in [2.05, 4.69) is 0 Å². The van der Waals surface area contributed by atoms with Gasteiger partial charge in [-0.25, -0.2) is 0 Å². The maximum atomic E-state index is 11.5. The standard InChI is InChI=1S/C13H18O3/c1-4-15-12-8-6-7-11(9-12)10(3)13(14)16-5-2/h6-10H,4-5H2,1-3H3. The second-order valence-electron chi connectivity index (χ2n) is 3.48. The Labute approximate surface area is 96.4 Å². The highest BCUT2D eigenvalue weighted by Gasteiger charge is 2.16. The van der Waals surface area contributed by atoms with Crippen LogP contribution >= 0.6 is 0 Å². The van der Waals surface area contributed by atoms with Crippen LogP contribution in [-0.2, 0) is 9.53 Å². The number of esters is 1. The first kappa shape index (κ1) is 12.6. The van der Waals surface area contributed by atoms with Gasteiger partial charge in [-0.2, -0.15) is 0 Å². The molecular weight excluding hydrogens is 204 g/mol. The number of benzene rings is 1. The van der Waals surface area contributed by atoms with Gasteiger partial charge in [0.2, 0.25) is 0 Å². The van der Waals surface area contributed by atoms with Gasteiger partial charge in [0.15, 0.2) is 0 Å². The molecule has 0 aliphatic rings. The average Bonchev–Trinajstić information content (AvgIpc) is 2.29. The lowest BCUT2D eigenvalue weighted by molar-refractivity contribution is -0.144. The van der Waals surface area contributed by atoms with Gasteiger partial charge in [-0.05, 0) is 38.5 Å². The van der Waals surface area contributed by atoms with E-state index in [0.717, 1.165) is 11.3 Å². The molecule has 1 rings (SSSR count). The number of hydrogen-bond acceptors (Lipinski definition) is 3. The Morgan fingerprint density at radius 2 is 2.06 bits per heavy atom. The Balaban J connectivity index is 2.78. The zero-order valence-electron chi connectivity index (χ0n) is 10.0. The van der Waals surface area contributed by atoms with Gasteiger partial charge in [-0.3, -0.25) is 4.79 Å². The summed E-state index contributed by atoms with van der Waals surface area (Å²) in [6.07, 6.45) is 0. The number of ether oxygens (including phenoxy) is 2. The average molecular weight is 222 g/mol. The van der Waals surface area contributed by atoms with Crippen LogP contribution in [0.15, 0.2) is 24.3 Å². The normalized spacial score (nSPS) is 11.9. The van der Waals surface area contributed by atoms with Crippen LogP contribution in [0.1, 0.15) is 32.3 Å². The third kappa shape index (κ3) is 3.26. The van der Waals surface area contributed by atoms with Crippen molar-refractivity contribution in [1.29, 1.82) is 0 Å². The molecule has 0 aliphatic carbocycles. The summed E-state index contributed by atoms with van der Waals surface area (Å²) in [6.45, 7) is 6.61. The predicted octanol–water partition coefficient (Wildman–Crippen LogP) is 2.75. The van der Waals surface area contributed by atoms with Gasteiger partial charge in [0, 0.05) is 0 Å². The Kier molecular flexibility index (Phi) is 4.83. The SMILES string of the molecule is CCOC(=O)C(C)c1cccc(OCC)c1. The van der Waals surface area contributed by atoms with Crippen LogP contribution in [0.4, 0.5) is 0 Å². The first-order chi connectivity index (χ1) is 7.69. The Morgan fingerprint density at radius 1 is 1.31 bits per heavy atom. The summed E-state index contributed by atoms with van der Waals surface area (Å²) in [5.41, 5.74) is 0.921. The molecule has 16 heavy (non-hydrogen) atoms. The molecule has 0 saturated heterocycles. The van der Waals surface area contributed by atoms with E-state index in [0.29, 0.717) is 13.2 Å². The van der Waals surface area contributed by atoms with Crippen LogP contribution in [0.3, 0.4) is 0 Å². The van der Waals surface area contributed by atoms with Gasteiger partial charge in [-0.1, -0.05) is 12.1 Å². The quantitative estimate of drug-likeness (QED) is 0.719. The summed E-state index contributed by atoms with van der Waals surface area (Å²) in [6, 6.07) is 7.55. The lowest BCUT2D eigenvalue weighted by Crippen LogP contribution is -2.13. The van der Waals surface area contributed by atoms with Crippen molar-refractivity contribution >= 4 is 5.97 Å². The smallest absolute Gasteiger partial charge is 0.313 e. The second-order valence-corrected chi connectivity index (χ2v) is 3.48. The molecule has 1 aromatic rings. The molecule has 0 fully saturated rings. The molecule has 0 amide bonds. The fourth-order valence-corrected chi connectivity index (χ4v) is 1.44. The summed E-state index contributed by atoms with van der Waals surface area (Å²) >= 11 is 0. The molecule has 1 aromatic carbocycles. The van der Waals surface area contributed by atoms with E-state index >= 15 is 0 Å². The van der Waals surface area contributed by atoms with E-state index < -0.39 is 0 Å². The largest absolute Gasteiger partial charge is 0.494 e. The molecule has 0 radical (unpaired) electrons. The summed E-state index contributed by atoms with van der Waals surface area (Å²) in [4.78, 5) is 11.5. The van der Waals surface area contributed by atoms with Crippen LogP contribution in [-0.4, -0.2) is 19.2 Å². The Hall–Kier alpha value is -1.51. The molecule has 88 valence electrons. The molecule has 1 unspecified atom stereocenters. The fraction of sp³-hybridized carbons (Fsp3) is 0.462. The van der Waals surface area contributed by atoms with Crippen molar-refractivity contribution in [2.24, 2.45) is 0 Å². The van der Waals surface area contributed by atoms with E-state index in [1.54, 1.807) is 6.92 Å². The molecule has 3 heteroatoms. The van der Waals surface area contributed by atoms with Crippen molar-refractivity contribution in [1.82, 2.24) is 0 Å². The highest BCUT2D eigenvalue weighted by Crippen LogP contribution is 2.21. The zero-order valence-corrected chi connectivity index (χ0v) is 10.0. The molecule has 0 saturated carbocycles. The molecule has 0 aliphatic heterocycles. The number of rotatable bonds is 5. The van der Waals surface area contributed by atoms with Crippen LogP contribution in [0.5, 0.6) is 5.75 Å². The lowest BCUT2D eigenvalue weighted by Gasteiger charge is -2.12. The monoisotopic (exact) mass is 222 g/mol. The van der Waals surface area contributed by atoms with Crippen molar-refractivity contribution in [3.63, 3.8) is 0 Å². The van der Waals surface area contributed by atoms with Crippen molar-refractivity contribution < 1.29 is 14.3 Å². The topological polar surface area (TPSA) is 35.5 Å². The molecule has 0 N–H and O–H groups in total. The Bertz CT molecular complexity index is 347. The minimum absolute atomic E-state index is 0.198. The van der Waals surface area contributed by atoms with Crippen LogP contribution in [0.2, 0.25) is 0 Å². The van der Waals surface area contributed by atoms with Gasteiger partial charge in [-0.15, -0.1) is 0 Å². The predicted molar refractivity (Wildman–Crippen MR) is 62.7 cm³/mol. The molecule has 3 nitrogen and oxygen atoms in total. The molecule has 0 spiro atoms. The van der Waals surface area contributed by atoms with Crippen LogP contribution < -0.4 is 4.74 Å². The van der Waals surface area contributed by atoms with Gasteiger partial charge >= 0.3 is 5.97 Å². The number of hydrogen-bond donors (Lipinski definition) is 0. The minimum Gasteiger partial charge on any atom is -0.494 e. The van der Waals surface area contributed by atoms with Gasteiger partial charge in [0.25, 0.3) is 0 Å². The van der Waals surface area contributed by atoms with E-state index in [-0.39, 0.29) is 11.9 Å². The van der Waals surface area contributed by atoms with Crippen LogP contribution in [0.25, 0.3) is 0 Å². The maximum absolute atomic E-state index is 11.5. The number of carbonyl (C=O) groups excluding carboxylic acids is 1.